The van der Waals surface area contributed by atoms with Crippen LogP contribution in [-0.2, 0) is 11.3 Å². The number of benzene rings is 1. The van der Waals surface area contributed by atoms with Crippen LogP contribution >= 0.6 is 11.3 Å². The van der Waals surface area contributed by atoms with Crippen molar-refractivity contribution in [2.45, 2.75) is 39.8 Å². The molecule has 134 valence electrons. The number of carbonyl (C=O) groups excluding carboxylic acids is 2. The number of carbonyl (C=O) groups is 2. The first-order valence-electron chi connectivity index (χ1n) is 7.88. The number of aryl methyl sites for hydroxylation is 1. The molecule has 6 nitrogen and oxygen atoms in total. The van der Waals surface area contributed by atoms with E-state index in [4.69, 9.17) is 0 Å². The van der Waals surface area contributed by atoms with Crippen LogP contribution in [0.1, 0.15) is 41.8 Å². The highest BCUT2D eigenvalue weighted by Crippen LogP contribution is 2.22. The lowest BCUT2D eigenvalue weighted by Gasteiger charge is -2.35. The molecule has 0 fully saturated rings. The van der Waals surface area contributed by atoms with Crippen LogP contribution < -0.4 is 5.32 Å². The second-order valence-corrected chi connectivity index (χ2v) is 7.62. The van der Waals surface area contributed by atoms with E-state index in [0.717, 1.165) is 11.3 Å². The molecule has 0 spiro atoms. The first-order chi connectivity index (χ1) is 11.7. The average Bonchev–Trinajstić information content (AvgIpc) is 2.99. The third kappa shape index (κ3) is 5.03. The average molecular weight is 361 g/mol. The fourth-order valence-electron chi connectivity index (χ4n) is 2.24. The van der Waals surface area contributed by atoms with Crippen molar-refractivity contribution in [1.82, 2.24) is 9.88 Å². The van der Waals surface area contributed by atoms with Crippen molar-refractivity contribution in [1.29, 1.82) is 0 Å². The third-order valence-electron chi connectivity index (χ3n) is 3.56. The van der Waals surface area contributed by atoms with Crippen LogP contribution in [0.4, 0.5) is 10.5 Å². The maximum absolute atomic E-state index is 12.8. The zero-order valence-corrected chi connectivity index (χ0v) is 15.9. The van der Waals surface area contributed by atoms with E-state index < -0.39 is 11.5 Å². The lowest BCUT2D eigenvalue weighted by Crippen LogP contribution is -2.47. The number of anilines is 1. The molecule has 0 saturated heterocycles. The minimum Gasteiger partial charge on any atom is -0.464 e. The van der Waals surface area contributed by atoms with Crippen LogP contribution in [0.25, 0.3) is 0 Å². The molecule has 7 heteroatoms. The maximum atomic E-state index is 12.8. The van der Waals surface area contributed by atoms with Gasteiger partial charge in [-0.2, -0.15) is 0 Å². The van der Waals surface area contributed by atoms with E-state index in [1.807, 2.05) is 52.0 Å². The largest absolute Gasteiger partial charge is 0.464 e. The van der Waals surface area contributed by atoms with Crippen molar-refractivity contribution in [3.05, 3.63) is 45.9 Å². The van der Waals surface area contributed by atoms with Crippen LogP contribution in [0, 0.1) is 6.92 Å². The summed E-state index contributed by atoms with van der Waals surface area (Å²) in [4.78, 5) is 30.3. The van der Waals surface area contributed by atoms with E-state index in [0.29, 0.717) is 11.6 Å². The first kappa shape index (κ1) is 18.9. The highest BCUT2D eigenvalue weighted by atomic mass is 32.1. The summed E-state index contributed by atoms with van der Waals surface area (Å²) >= 11 is 1.33. The number of thiazole rings is 1. The summed E-state index contributed by atoms with van der Waals surface area (Å²) in [6.07, 6.45) is 0. The summed E-state index contributed by atoms with van der Waals surface area (Å²) in [5.41, 5.74) is 1.66. The quantitative estimate of drug-likeness (QED) is 0.833. The molecule has 0 unspecified atom stereocenters. The van der Waals surface area contributed by atoms with E-state index in [1.54, 1.807) is 10.3 Å². The summed E-state index contributed by atoms with van der Waals surface area (Å²) < 4.78 is 4.67. The molecule has 25 heavy (non-hydrogen) atoms. The van der Waals surface area contributed by atoms with Gasteiger partial charge in [0.05, 0.1) is 13.7 Å². The number of rotatable bonds is 4. The Morgan fingerprint density at radius 2 is 2.04 bits per heavy atom. The predicted octanol–water partition coefficient (Wildman–Crippen LogP) is 4.07. The summed E-state index contributed by atoms with van der Waals surface area (Å²) in [7, 11) is 1.32. The summed E-state index contributed by atoms with van der Waals surface area (Å²) in [6, 6.07) is 7.42. The number of hydrogen-bond acceptors (Lipinski definition) is 5. The Hall–Kier alpha value is -2.41. The molecule has 0 aliphatic rings. The molecule has 0 bridgehead atoms. The van der Waals surface area contributed by atoms with Crippen molar-refractivity contribution in [2.24, 2.45) is 0 Å². The lowest BCUT2D eigenvalue weighted by molar-refractivity contribution is 0.0594. The molecule has 1 N–H and O–H groups in total. The van der Waals surface area contributed by atoms with Gasteiger partial charge in [0.15, 0.2) is 5.69 Å². The van der Waals surface area contributed by atoms with Crippen molar-refractivity contribution in [2.75, 3.05) is 12.4 Å². The van der Waals surface area contributed by atoms with Crippen LogP contribution in [0.2, 0.25) is 0 Å². The molecular formula is C18H23N3O3S. The molecule has 1 aromatic heterocycles. The van der Waals surface area contributed by atoms with E-state index in [1.165, 1.54) is 18.4 Å². The number of amides is 2. The van der Waals surface area contributed by atoms with Crippen molar-refractivity contribution < 1.29 is 14.3 Å². The highest BCUT2D eigenvalue weighted by Gasteiger charge is 2.28. The Kier molecular flexibility index (Phi) is 5.79. The molecule has 0 radical (unpaired) electrons. The van der Waals surface area contributed by atoms with Gasteiger partial charge >= 0.3 is 12.0 Å². The molecule has 0 saturated carbocycles. The Bertz CT molecular complexity index is 765. The van der Waals surface area contributed by atoms with E-state index in [-0.39, 0.29) is 11.7 Å². The normalized spacial score (nSPS) is 11.1. The Morgan fingerprint density at radius 3 is 2.64 bits per heavy atom. The Balaban J connectivity index is 2.17. The zero-order valence-electron chi connectivity index (χ0n) is 15.1. The topological polar surface area (TPSA) is 71.5 Å². The number of esters is 1. The number of urea groups is 1. The molecule has 1 aromatic carbocycles. The minimum absolute atomic E-state index is 0.215. The lowest BCUT2D eigenvalue weighted by atomic mass is 10.1. The van der Waals surface area contributed by atoms with Gasteiger partial charge in [-0.25, -0.2) is 14.6 Å². The third-order valence-corrected chi connectivity index (χ3v) is 4.40. The van der Waals surface area contributed by atoms with Crippen LogP contribution in [-0.4, -0.2) is 34.5 Å². The van der Waals surface area contributed by atoms with Crippen LogP contribution in [0.5, 0.6) is 0 Å². The van der Waals surface area contributed by atoms with Gasteiger partial charge in [-0.3, -0.25) is 0 Å². The molecule has 2 rings (SSSR count). The van der Waals surface area contributed by atoms with Gasteiger partial charge in [0.1, 0.15) is 5.01 Å². The summed E-state index contributed by atoms with van der Waals surface area (Å²) in [5, 5.41) is 5.24. The number of aromatic nitrogens is 1. The SMILES string of the molecule is COC(=O)c1csc(CN(C(=O)Nc2cccc(C)c2)C(C)(C)C)n1. The minimum atomic E-state index is -0.478. The fourth-order valence-corrected chi connectivity index (χ4v) is 3.00. The monoisotopic (exact) mass is 361 g/mol. The van der Waals surface area contributed by atoms with Crippen molar-refractivity contribution >= 4 is 29.0 Å². The second-order valence-electron chi connectivity index (χ2n) is 6.67. The van der Waals surface area contributed by atoms with Gasteiger partial charge < -0.3 is 15.0 Å². The van der Waals surface area contributed by atoms with Gasteiger partial charge in [-0.1, -0.05) is 12.1 Å². The number of nitrogens with one attached hydrogen (secondary N) is 1. The molecule has 0 atom stereocenters. The van der Waals surface area contributed by atoms with Gasteiger partial charge in [-0.05, 0) is 45.4 Å². The number of methoxy groups -OCH3 is 1. The van der Waals surface area contributed by atoms with Gasteiger partial charge in [-0.15, -0.1) is 11.3 Å². The van der Waals surface area contributed by atoms with Crippen LogP contribution in [0.15, 0.2) is 29.6 Å². The molecule has 2 amide bonds. The molecule has 2 aromatic rings. The molecule has 0 aliphatic heterocycles. The van der Waals surface area contributed by atoms with E-state index >= 15 is 0 Å². The van der Waals surface area contributed by atoms with Crippen LogP contribution in [0.3, 0.4) is 0 Å². The second kappa shape index (κ2) is 7.65. The number of nitrogens with zero attached hydrogens (tertiary/aromatic N) is 2. The summed E-state index contributed by atoms with van der Waals surface area (Å²) in [5.74, 6) is -0.478. The van der Waals surface area contributed by atoms with E-state index in [9.17, 15) is 9.59 Å². The van der Waals surface area contributed by atoms with Gasteiger partial charge in [0.25, 0.3) is 0 Å². The number of ether oxygens (including phenoxy) is 1. The predicted molar refractivity (Wildman–Crippen MR) is 98.9 cm³/mol. The molecule has 0 aliphatic carbocycles. The van der Waals surface area contributed by atoms with Gasteiger partial charge in [0, 0.05) is 16.6 Å². The Labute approximate surface area is 151 Å². The van der Waals surface area contributed by atoms with Crippen molar-refractivity contribution in [3.63, 3.8) is 0 Å². The number of hydrogen-bond donors (Lipinski definition) is 1. The maximum Gasteiger partial charge on any atom is 0.357 e. The fraction of sp³-hybridized carbons (Fsp3) is 0.389. The Morgan fingerprint density at radius 1 is 1.32 bits per heavy atom. The smallest absolute Gasteiger partial charge is 0.357 e. The van der Waals surface area contributed by atoms with E-state index in [2.05, 4.69) is 15.0 Å². The first-order valence-corrected chi connectivity index (χ1v) is 8.76. The summed E-state index contributed by atoms with van der Waals surface area (Å²) in [6.45, 7) is 8.15. The standard InChI is InChI=1S/C18H23N3O3S/c1-12-7-6-8-13(9-12)19-17(23)21(18(2,3)4)10-15-20-14(11-25-15)16(22)24-5/h6-9,11H,10H2,1-5H3,(H,19,23). The molecule has 1 heterocycles. The highest BCUT2D eigenvalue weighted by molar-refractivity contribution is 7.09. The van der Waals surface area contributed by atoms with Crippen molar-refractivity contribution in [3.8, 4) is 0 Å². The molecular weight excluding hydrogens is 338 g/mol. The zero-order chi connectivity index (χ0) is 18.6. The van der Waals surface area contributed by atoms with Gasteiger partial charge in [0.2, 0.25) is 0 Å².